The van der Waals surface area contributed by atoms with Gasteiger partial charge in [-0.25, -0.2) is 9.89 Å². The Kier molecular flexibility index (Phi) is 4.09. The van der Waals surface area contributed by atoms with Crippen LogP contribution in [0, 0.1) is 0 Å². The van der Waals surface area contributed by atoms with E-state index in [0.717, 1.165) is 5.56 Å². The first kappa shape index (κ1) is 13.0. The molecule has 1 heterocycles. The lowest BCUT2D eigenvalue weighted by Gasteiger charge is -2.21. The van der Waals surface area contributed by atoms with Crippen LogP contribution in [0.3, 0.4) is 0 Å². The molecule has 0 atom stereocenters. The third-order valence-corrected chi connectivity index (χ3v) is 2.61. The number of anilines is 1. The van der Waals surface area contributed by atoms with E-state index in [9.17, 15) is 9.59 Å². The predicted octanol–water partition coefficient (Wildman–Crippen LogP) is -0.577. The number of nitrogens with one attached hydrogen (secondary N) is 2. The van der Waals surface area contributed by atoms with Crippen LogP contribution in [0.5, 0.6) is 0 Å². The molecule has 0 bridgehead atoms. The molecule has 1 aromatic carbocycles. The molecule has 100 valence electrons. The van der Waals surface area contributed by atoms with Crippen molar-refractivity contribution >= 4 is 5.82 Å². The van der Waals surface area contributed by atoms with Gasteiger partial charge in [0.1, 0.15) is 0 Å². The Balaban J connectivity index is 2.29. The van der Waals surface area contributed by atoms with Gasteiger partial charge >= 0.3 is 5.69 Å². The third-order valence-electron chi connectivity index (χ3n) is 2.61. The average Bonchev–Trinajstić information content (AvgIpc) is 2.39. The van der Waals surface area contributed by atoms with Gasteiger partial charge in [0.2, 0.25) is 5.82 Å². The molecule has 0 saturated carbocycles. The van der Waals surface area contributed by atoms with E-state index in [1.807, 2.05) is 30.3 Å². The van der Waals surface area contributed by atoms with Crippen LogP contribution in [0.15, 0.2) is 39.9 Å². The van der Waals surface area contributed by atoms with Crippen molar-refractivity contribution in [2.45, 2.75) is 6.54 Å². The number of aromatic nitrogens is 3. The van der Waals surface area contributed by atoms with Gasteiger partial charge in [0.05, 0.1) is 0 Å². The van der Waals surface area contributed by atoms with E-state index in [0.29, 0.717) is 19.6 Å². The number of rotatable bonds is 5. The summed E-state index contributed by atoms with van der Waals surface area (Å²) in [4.78, 5) is 26.6. The summed E-state index contributed by atoms with van der Waals surface area (Å²) in [6, 6.07) is 9.65. The van der Waals surface area contributed by atoms with Crippen molar-refractivity contribution in [3.05, 3.63) is 56.7 Å². The Bertz CT molecular complexity index is 634. The van der Waals surface area contributed by atoms with Crippen LogP contribution in [0.25, 0.3) is 0 Å². The van der Waals surface area contributed by atoms with Gasteiger partial charge in [0, 0.05) is 19.6 Å². The Morgan fingerprint density at radius 3 is 2.58 bits per heavy atom. The van der Waals surface area contributed by atoms with Gasteiger partial charge in [0.25, 0.3) is 5.56 Å². The highest BCUT2D eigenvalue weighted by molar-refractivity contribution is 5.36. The van der Waals surface area contributed by atoms with Gasteiger partial charge in [-0.15, -0.1) is 5.10 Å². The molecule has 0 fully saturated rings. The molecule has 4 N–H and O–H groups in total. The van der Waals surface area contributed by atoms with Crippen molar-refractivity contribution in [3.8, 4) is 0 Å². The maximum Gasteiger partial charge on any atom is 0.342 e. The molecule has 0 aliphatic rings. The molecule has 0 saturated heterocycles. The minimum Gasteiger partial charge on any atom is -0.345 e. The minimum atomic E-state index is -0.624. The number of hydrogen-bond acceptors (Lipinski definition) is 5. The summed E-state index contributed by atoms with van der Waals surface area (Å²) in [7, 11) is 0. The van der Waals surface area contributed by atoms with Crippen LogP contribution in [0.4, 0.5) is 5.82 Å². The Labute approximate surface area is 109 Å². The molecular formula is C12H15N5O2. The maximum atomic E-state index is 11.7. The molecule has 0 spiro atoms. The van der Waals surface area contributed by atoms with Crippen molar-refractivity contribution < 1.29 is 0 Å². The number of nitrogens with zero attached hydrogens (tertiary/aromatic N) is 2. The van der Waals surface area contributed by atoms with Gasteiger partial charge in [-0.3, -0.25) is 9.78 Å². The highest BCUT2D eigenvalue weighted by Crippen LogP contribution is 2.08. The zero-order valence-corrected chi connectivity index (χ0v) is 10.3. The SMILES string of the molecule is NCCN(Cc1ccccc1)c1n[nH]c(=O)[nH]c1=O. The zero-order chi connectivity index (χ0) is 13.7. The van der Waals surface area contributed by atoms with E-state index in [1.54, 1.807) is 4.90 Å². The summed E-state index contributed by atoms with van der Waals surface area (Å²) in [5.41, 5.74) is 5.43. The lowest BCUT2D eigenvalue weighted by molar-refractivity contribution is 0.741. The first-order valence-corrected chi connectivity index (χ1v) is 5.88. The number of hydrogen-bond donors (Lipinski definition) is 3. The minimum absolute atomic E-state index is 0.161. The summed E-state index contributed by atoms with van der Waals surface area (Å²) in [6.45, 7) is 1.35. The second-order valence-electron chi connectivity index (χ2n) is 4.03. The largest absolute Gasteiger partial charge is 0.345 e. The van der Waals surface area contributed by atoms with E-state index in [1.165, 1.54) is 0 Å². The molecule has 0 amide bonds. The van der Waals surface area contributed by atoms with E-state index >= 15 is 0 Å². The van der Waals surface area contributed by atoms with Crippen molar-refractivity contribution in [2.75, 3.05) is 18.0 Å². The fraction of sp³-hybridized carbons (Fsp3) is 0.250. The summed E-state index contributed by atoms with van der Waals surface area (Å²) >= 11 is 0. The van der Waals surface area contributed by atoms with Crippen molar-refractivity contribution in [1.29, 1.82) is 0 Å². The van der Waals surface area contributed by atoms with Gasteiger partial charge in [-0.1, -0.05) is 30.3 Å². The Morgan fingerprint density at radius 2 is 1.95 bits per heavy atom. The first-order valence-electron chi connectivity index (χ1n) is 5.88. The van der Waals surface area contributed by atoms with Crippen LogP contribution in [-0.4, -0.2) is 28.3 Å². The lowest BCUT2D eigenvalue weighted by atomic mass is 10.2. The fourth-order valence-electron chi connectivity index (χ4n) is 1.78. The molecule has 2 rings (SSSR count). The highest BCUT2D eigenvalue weighted by atomic mass is 16.2. The summed E-state index contributed by atoms with van der Waals surface area (Å²) < 4.78 is 0. The van der Waals surface area contributed by atoms with Crippen LogP contribution in [0.1, 0.15) is 5.56 Å². The third kappa shape index (κ3) is 3.29. The van der Waals surface area contributed by atoms with E-state index in [4.69, 9.17) is 5.73 Å². The molecule has 19 heavy (non-hydrogen) atoms. The molecule has 0 aliphatic carbocycles. The predicted molar refractivity (Wildman–Crippen MR) is 72.0 cm³/mol. The smallest absolute Gasteiger partial charge is 0.342 e. The van der Waals surface area contributed by atoms with Gasteiger partial charge in [0.15, 0.2) is 0 Å². The second kappa shape index (κ2) is 5.96. The van der Waals surface area contributed by atoms with Crippen LogP contribution >= 0.6 is 0 Å². The molecule has 7 heteroatoms. The zero-order valence-electron chi connectivity index (χ0n) is 10.3. The van der Waals surface area contributed by atoms with E-state index < -0.39 is 11.2 Å². The second-order valence-corrected chi connectivity index (χ2v) is 4.03. The molecule has 0 unspecified atom stereocenters. The average molecular weight is 261 g/mol. The standard InChI is InChI=1S/C12H15N5O2/c13-6-7-17(8-9-4-2-1-3-5-9)10-11(18)14-12(19)16-15-10/h1-5H,6-8,13H2,(H2,14,16,18,19). The van der Waals surface area contributed by atoms with Crippen LogP contribution < -0.4 is 21.9 Å². The number of nitrogens with two attached hydrogens (primary N) is 1. The van der Waals surface area contributed by atoms with Gasteiger partial charge < -0.3 is 10.6 Å². The highest BCUT2D eigenvalue weighted by Gasteiger charge is 2.12. The molecule has 7 nitrogen and oxygen atoms in total. The molecular weight excluding hydrogens is 246 g/mol. The normalized spacial score (nSPS) is 10.4. The molecule has 0 aliphatic heterocycles. The molecule has 1 aromatic heterocycles. The topological polar surface area (TPSA) is 108 Å². The van der Waals surface area contributed by atoms with Crippen LogP contribution in [-0.2, 0) is 6.54 Å². The van der Waals surface area contributed by atoms with Crippen molar-refractivity contribution in [3.63, 3.8) is 0 Å². The molecule has 2 aromatic rings. The van der Waals surface area contributed by atoms with E-state index in [-0.39, 0.29) is 5.82 Å². The first-order chi connectivity index (χ1) is 9.20. The number of aromatic amines is 2. The quantitative estimate of drug-likeness (QED) is 0.667. The van der Waals surface area contributed by atoms with Crippen molar-refractivity contribution in [2.24, 2.45) is 5.73 Å². The fourth-order valence-corrected chi connectivity index (χ4v) is 1.78. The Morgan fingerprint density at radius 1 is 1.21 bits per heavy atom. The van der Waals surface area contributed by atoms with E-state index in [2.05, 4.69) is 15.2 Å². The van der Waals surface area contributed by atoms with Gasteiger partial charge in [-0.05, 0) is 5.56 Å². The Hall–Kier alpha value is -2.41. The van der Waals surface area contributed by atoms with Crippen LogP contribution in [0.2, 0.25) is 0 Å². The summed E-state index contributed by atoms with van der Waals surface area (Å²) in [6.07, 6.45) is 0. The maximum absolute atomic E-state index is 11.7. The van der Waals surface area contributed by atoms with Gasteiger partial charge in [-0.2, -0.15) is 0 Å². The lowest BCUT2D eigenvalue weighted by Crippen LogP contribution is -2.37. The monoisotopic (exact) mass is 261 g/mol. The van der Waals surface area contributed by atoms with Crippen molar-refractivity contribution in [1.82, 2.24) is 15.2 Å². The summed E-state index contributed by atoms with van der Waals surface area (Å²) in [5.74, 6) is 0.161. The molecule has 0 radical (unpaired) electrons. The number of H-pyrrole nitrogens is 2. The summed E-state index contributed by atoms with van der Waals surface area (Å²) in [5, 5.41) is 6.00. The number of benzene rings is 1.